The molecule has 0 aliphatic rings. The van der Waals surface area contributed by atoms with Gasteiger partial charge >= 0.3 is 0 Å². The van der Waals surface area contributed by atoms with Crippen LogP contribution in [0.4, 0.5) is 0 Å². The van der Waals surface area contributed by atoms with Crippen LogP contribution < -0.4 is 0 Å². The smallest absolute Gasteiger partial charge is 0.180 e. The molecule has 5 heteroatoms. The summed E-state index contributed by atoms with van der Waals surface area (Å²) in [5.74, 6) is 0. The Kier molecular flexibility index (Phi) is 26.7. The van der Waals surface area contributed by atoms with Gasteiger partial charge in [-0.05, 0) is 26.7 Å². The van der Waals surface area contributed by atoms with Crippen LogP contribution in [0.3, 0.4) is 0 Å². The standard InChI is InChI=1S/C30H62O5/c1-5-7-9-11-13-15-17-19-21-23-25-33-29(31)27(3)35-28(4)30(32)34-26-24-22-20-18-16-14-12-10-8-6-2/h27-32H,5-26H2,1-4H3. The summed E-state index contributed by atoms with van der Waals surface area (Å²) >= 11 is 0. The number of hydrogen-bond acceptors (Lipinski definition) is 5. The number of ether oxygens (including phenoxy) is 3. The lowest BCUT2D eigenvalue weighted by atomic mass is 10.1. The number of unbranched alkanes of at least 4 members (excludes halogenated alkanes) is 18. The van der Waals surface area contributed by atoms with E-state index in [2.05, 4.69) is 13.8 Å². The van der Waals surface area contributed by atoms with Gasteiger partial charge in [0.25, 0.3) is 0 Å². The third kappa shape index (κ3) is 23.9. The van der Waals surface area contributed by atoms with E-state index in [4.69, 9.17) is 14.2 Å². The van der Waals surface area contributed by atoms with Gasteiger partial charge in [-0.2, -0.15) is 0 Å². The summed E-state index contributed by atoms with van der Waals surface area (Å²) in [6.45, 7) is 9.13. The molecule has 4 atom stereocenters. The first kappa shape index (κ1) is 34.8. The Bertz CT molecular complexity index is 370. The molecule has 0 saturated carbocycles. The second kappa shape index (κ2) is 26.9. The van der Waals surface area contributed by atoms with E-state index in [1.165, 1.54) is 103 Å². The zero-order valence-corrected chi connectivity index (χ0v) is 24.0. The quantitative estimate of drug-likeness (QED) is 0.0832. The first-order valence-electron chi connectivity index (χ1n) is 15.3. The van der Waals surface area contributed by atoms with Gasteiger partial charge in [0.05, 0.1) is 0 Å². The predicted molar refractivity (Wildman–Crippen MR) is 148 cm³/mol. The maximum absolute atomic E-state index is 10.2. The predicted octanol–water partition coefficient (Wildman–Crippen LogP) is 8.29. The molecule has 0 fully saturated rings. The van der Waals surface area contributed by atoms with Crippen molar-refractivity contribution in [3.8, 4) is 0 Å². The molecule has 2 N–H and O–H groups in total. The molecule has 0 aliphatic heterocycles. The number of hydrogen-bond donors (Lipinski definition) is 2. The van der Waals surface area contributed by atoms with Crippen LogP contribution in [0.2, 0.25) is 0 Å². The van der Waals surface area contributed by atoms with Gasteiger partial charge in [0.2, 0.25) is 0 Å². The Balaban J connectivity index is 3.59. The van der Waals surface area contributed by atoms with Crippen LogP contribution in [-0.2, 0) is 14.2 Å². The summed E-state index contributed by atoms with van der Waals surface area (Å²) in [6.07, 6.45) is 22.5. The summed E-state index contributed by atoms with van der Waals surface area (Å²) in [6, 6.07) is 0. The molecule has 0 radical (unpaired) electrons. The minimum atomic E-state index is -0.981. The molecule has 0 spiro atoms. The van der Waals surface area contributed by atoms with Crippen LogP contribution >= 0.6 is 0 Å². The molecule has 0 amide bonds. The van der Waals surface area contributed by atoms with E-state index in [1.807, 2.05) is 0 Å². The molecule has 35 heavy (non-hydrogen) atoms. The van der Waals surface area contributed by atoms with E-state index in [1.54, 1.807) is 13.8 Å². The Morgan fingerprint density at radius 3 is 0.971 bits per heavy atom. The van der Waals surface area contributed by atoms with Crippen LogP contribution in [-0.4, -0.2) is 48.2 Å². The van der Waals surface area contributed by atoms with Crippen molar-refractivity contribution in [3.63, 3.8) is 0 Å². The largest absolute Gasteiger partial charge is 0.366 e. The molecule has 212 valence electrons. The zero-order chi connectivity index (χ0) is 26.0. The highest BCUT2D eigenvalue weighted by Crippen LogP contribution is 2.14. The molecular weight excluding hydrogens is 440 g/mol. The summed E-state index contributed by atoms with van der Waals surface area (Å²) in [4.78, 5) is 0. The van der Waals surface area contributed by atoms with Crippen LogP contribution in [0, 0.1) is 0 Å². The molecule has 0 aromatic rings. The zero-order valence-electron chi connectivity index (χ0n) is 24.0. The third-order valence-electron chi connectivity index (χ3n) is 6.81. The normalized spacial score (nSPS) is 15.3. The van der Waals surface area contributed by atoms with Crippen LogP contribution in [0.5, 0.6) is 0 Å². The van der Waals surface area contributed by atoms with Gasteiger partial charge in [0.1, 0.15) is 12.2 Å². The summed E-state index contributed by atoms with van der Waals surface area (Å²) < 4.78 is 16.8. The van der Waals surface area contributed by atoms with Gasteiger partial charge in [-0.15, -0.1) is 0 Å². The first-order chi connectivity index (χ1) is 17.0. The van der Waals surface area contributed by atoms with Crippen molar-refractivity contribution in [1.82, 2.24) is 0 Å². The van der Waals surface area contributed by atoms with E-state index < -0.39 is 24.8 Å². The summed E-state index contributed by atoms with van der Waals surface area (Å²) in [5, 5.41) is 20.4. The van der Waals surface area contributed by atoms with E-state index in [9.17, 15) is 10.2 Å². The van der Waals surface area contributed by atoms with Crippen molar-refractivity contribution >= 4 is 0 Å². The molecule has 0 aromatic carbocycles. The Morgan fingerprint density at radius 1 is 0.429 bits per heavy atom. The average molecular weight is 503 g/mol. The maximum Gasteiger partial charge on any atom is 0.180 e. The highest BCUT2D eigenvalue weighted by Gasteiger charge is 2.23. The lowest BCUT2D eigenvalue weighted by Crippen LogP contribution is -2.37. The molecule has 0 aliphatic carbocycles. The van der Waals surface area contributed by atoms with Crippen LogP contribution in [0.25, 0.3) is 0 Å². The van der Waals surface area contributed by atoms with E-state index in [-0.39, 0.29) is 0 Å². The Morgan fingerprint density at radius 2 is 0.686 bits per heavy atom. The topological polar surface area (TPSA) is 68.2 Å². The molecule has 0 saturated heterocycles. The number of aliphatic hydroxyl groups is 2. The monoisotopic (exact) mass is 502 g/mol. The molecule has 0 bridgehead atoms. The lowest BCUT2D eigenvalue weighted by molar-refractivity contribution is -0.229. The molecule has 5 nitrogen and oxygen atoms in total. The fourth-order valence-electron chi connectivity index (χ4n) is 4.33. The molecule has 4 unspecified atom stereocenters. The van der Waals surface area contributed by atoms with E-state index >= 15 is 0 Å². The first-order valence-corrected chi connectivity index (χ1v) is 15.3. The van der Waals surface area contributed by atoms with E-state index in [0.29, 0.717) is 13.2 Å². The molecular formula is C30H62O5. The van der Waals surface area contributed by atoms with Gasteiger partial charge in [0.15, 0.2) is 12.6 Å². The second-order valence-electron chi connectivity index (χ2n) is 10.4. The van der Waals surface area contributed by atoms with Crippen molar-refractivity contribution in [1.29, 1.82) is 0 Å². The minimum Gasteiger partial charge on any atom is -0.366 e. The fraction of sp³-hybridized carbons (Fsp3) is 1.00. The minimum absolute atomic E-state index is 0.510. The Hall–Kier alpha value is -0.200. The maximum atomic E-state index is 10.2. The van der Waals surface area contributed by atoms with Gasteiger partial charge < -0.3 is 24.4 Å². The lowest BCUT2D eigenvalue weighted by Gasteiger charge is -2.26. The van der Waals surface area contributed by atoms with Gasteiger partial charge in [0, 0.05) is 13.2 Å². The highest BCUT2D eigenvalue weighted by molar-refractivity contribution is 4.61. The number of aliphatic hydroxyl groups excluding tert-OH is 2. The van der Waals surface area contributed by atoms with Crippen molar-refractivity contribution in [2.45, 2.75) is 181 Å². The second-order valence-corrected chi connectivity index (χ2v) is 10.4. The van der Waals surface area contributed by atoms with Crippen molar-refractivity contribution in [2.24, 2.45) is 0 Å². The summed E-state index contributed by atoms with van der Waals surface area (Å²) in [7, 11) is 0. The SMILES string of the molecule is CCCCCCCCCCCCOC(O)C(C)OC(C)C(O)OCCCCCCCCCCCC. The van der Waals surface area contributed by atoms with Gasteiger partial charge in [-0.3, -0.25) is 0 Å². The van der Waals surface area contributed by atoms with Gasteiger partial charge in [-0.1, -0.05) is 129 Å². The van der Waals surface area contributed by atoms with Crippen molar-refractivity contribution in [2.75, 3.05) is 13.2 Å². The highest BCUT2D eigenvalue weighted by atomic mass is 16.7. The number of rotatable bonds is 28. The van der Waals surface area contributed by atoms with Crippen LogP contribution in [0.1, 0.15) is 156 Å². The Labute approximate surface area is 218 Å². The van der Waals surface area contributed by atoms with Crippen molar-refractivity contribution < 1.29 is 24.4 Å². The molecule has 0 heterocycles. The summed E-state index contributed by atoms with van der Waals surface area (Å²) in [5.41, 5.74) is 0. The molecule has 0 rings (SSSR count). The average Bonchev–Trinajstić information content (AvgIpc) is 2.85. The third-order valence-corrected chi connectivity index (χ3v) is 6.81. The van der Waals surface area contributed by atoms with Crippen LogP contribution in [0.15, 0.2) is 0 Å². The fourth-order valence-corrected chi connectivity index (χ4v) is 4.33. The van der Waals surface area contributed by atoms with Crippen molar-refractivity contribution in [3.05, 3.63) is 0 Å². The van der Waals surface area contributed by atoms with E-state index in [0.717, 1.165) is 25.7 Å². The molecule has 0 aromatic heterocycles. The van der Waals surface area contributed by atoms with Gasteiger partial charge in [-0.25, -0.2) is 0 Å².